The first-order valence-electron chi connectivity index (χ1n) is 7.72. The Balaban J connectivity index is -0.000000304. The summed E-state index contributed by atoms with van der Waals surface area (Å²) in [5.41, 5.74) is 1.08. The van der Waals surface area contributed by atoms with E-state index in [2.05, 4.69) is 6.58 Å². The fraction of sp³-hybridized carbons (Fsp3) is 0.500. The average molecular weight is 357 g/mol. The molecule has 0 unspecified atom stereocenters. The second-order valence-electron chi connectivity index (χ2n) is 5.32. The third-order valence-electron chi connectivity index (χ3n) is 2.86. The monoisotopic (exact) mass is 357 g/mol. The van der Waals surface area contributed by atoms with E-state index in [-0.39, 0.29) is 5.57 Å². The fourth-order valence-electron chi connectivity index (χ4n) is 0.901. The van der Waals surface area contributed by atoms with Crippen LogP contribution in [0.1, 0.15) is 40.5 Å². The molecule has 7 heteroatoms. The molecule has 0 heterocycles. The van der Waals surface area contributed by atoms with E-state index in [1.165, 1.54) is 0 Å². The maximum absolute atomic E-state index is 10.3. The van der Waals surface area contributed by atoms with E-state index in [4.69, 9.17) is 15.3 Å². The number of carboxylic acid groups (broad SMARTS) is 3. The number of allylic oxidation sites excluding steroid dienone is 1. The van der Waals surface area contributed by atoms with Gasteiger partial charge in [0.05, 0.1) is 0 Å². The molecule has 0 bridgehead atoms. The molecule has 0 saturated carbocycles. The van der Waals surface area contributed by atoms with Gasteiger partial charge in [0.2, 0.25) is 0 Å². The molecule has 0 rings (SSSR count). The predicted molar refractivity (Wildman–Crippen MR) is 98.7 cm³/mol. The van der Waals surface area contributed by atoms with Crippen molar-refractivity contribution in [3.8, 4) is 0 Å². The van der Waals surface area contributed by atoms with Crippen molar-refractivity contribution in [1.29, 1.82) is 0 Å². The Kier molecular flexibility index (Phi) is 18.1. The van der Waals surface area contributed by atoms with Crippen molar-refractivity contribution in [3.05, 3.63) is 35.5 Å². The minimum atomic E-state index is -0.900. The Bertz CT molecular complexity index is 504. The topological polar surface area (TPSA) is 115 Å². The molecule has 3 N–H and O–H groups in total. The molecule has 144 valence electrons. The number of rotatable bonds is 7. The number of carbonyl (C=O) groups is 3. The van der Waals surface area contributed by atoms with E-state index < -0.39 is 17.9 Å². The van der Waals surface area contributed by atoms with E-state index in [0.29, 0.717) is 17.6 Å². The average Bonchev–Trinajstić information content (AvgIpc) is 2.53. The van der Waals surface area contributed by atoms with Crippen molar-refractivity contribution in [2.75, 3.05) is 20.6 Å². The van der Waals surface area contributed by atoms with Gasteiger partial charge in [-0.05, 0) is 47.7 Å². The van der Waals surface area contributed by atoms with Crippen LogP contribution in [-0.2, 0) is 14.4 Å². The van der Waals surface area contributed by atoms with Crippen LogP contribution in [-0.4, -0.2) is 58.8 Å². The first kappa shape index (κ1) is 27.4. The van der Waals surface area contributed by atoms with Crippen molar-refractivity contribution >= 4 is 17.9 Å². The van der Waals surface area contributed by atoms with Crippen LogP contribution in [0, 0.1) is 0 Å². The molecule has 0 spiro atoms. The summed E-state index contributed by atoms with van der Waals surface area (Å²) < 4.78 is 0. The van der Waals surface area contributed by atoms with Gasteiger partial charge in [0.1, 0.15) is 0 Å². The van der Waals surface area contributed by atoms with Crippen LogP contribution >= 0.6 is 0 Å². The van der Waals surface area contributed by atoms with Crippen molar-refractivity contribution in [1.82, 2.24) is 4.90 Å². The molecule has 0 aliphatic carbocycles. The maximum Gasteiger partial charge on any atom is 0.330 e. The van der Waals surface area contributed by atoms with E-state index in [1.54, 1.807) is 39.8 Å². The summed E-state index contributed by atoms with van der Waals surface area (Å²) in [5, 5.41) is 24.7. The number of nitrogens with zero attached hydrogens (tertiary/aromatic N) is 1. The van der Waals surface area contributed by atoms with Crippen LogP contribution < -0.4 is 0 Å². The number of hydrogen-bond donors (Lipinski definition) is 3. The van der Waals surface area contributed by atoms with E-state index in [0.717, 1.165) is 13.0 Å². The normalized spacial score (nSPS) is 10.8. The quantitative estimate of drug-likeness (QED) is 0.600. The molecule has 0 saturated heterocycles. The predicted octanol–water partition coefficient (Wildman–Crippen LogP) is 3.04. The van der Waals surface area contributed by atoms with Crippen LogP contribution in [0.15, 0.2) is 35.5 Å². The highest BCUT2D eigenvalue weighted by atomic mass is 16.4. The summed E-state index contributed by atoms with van der Waals surface area (Å²) in [6.07, 6.45) is 4.62. The minimum Gasteiger partial charge on any atom is -0.478 e. The van der Waals surface area contributed by atoms with Gasteiger partial charge in [0.25, 0.3) is 0 Å². The Labute approximate surface area is 150 Å². The van der Waals surface area contributed by atoms with Gasteiger partial charge in [-0.3, -0.25) is 0 Å². The smallest absolute Gasteiger partial charge is 0.330 e. The Morgan fingerprint density at radius 2 is 1.40 bits per heavy atom. The standard InChI is InChI=1S/C8H15NO2.2C5H8O2/c1-7(8(10)11)5-4-6-9(2)3;2*1-3-4(2)5(6)7/h5H,4,6H2,1-3H3,(H,10,11);3H,1-2H3,(H,6,7);2-3H2,1H3,(H,6,7). The van der Waals surface area contributed by atoms with Crippen LogP contribution in [0.4, 0.5) is 0 Å². The molecule has 0 amide bonds. The lowest BCUT2D eigenvalue weighted by Gasteiger charge is -2.05. The lowest BCUT2D eigenvalue weighted by molar-refractivity contribution is -0.133. The van der Waals surface area contributed by atoms with Crippen molar-refractivity contribution in [2.45, 2.75) is 40.5 Å². The van der Waals surface area contributed by atoms with E-state index in [9.17, 15) is 14.4 Å². The third-order valence-corrected chi connectivity index (χ3v) is 2.86. The SMILES string of the molecule is C=C(CC)C(=O)O.CC(=CCCN(C)C)C(=O)O.CC=C(C)C(=O)O. The van der Waals surface area contributed by atoms with Crippen molar-refractivity contribution < 1.29 is 29.7 Å². The van der Waals surface area contributed by atoms with Gasteiger partial charge in [-0.2, -0.15) is 0 Å². The second-order valence-corrected chi connectivity index (χ2v) is 5.32. The summed E-state index contributed by atoms with van der Waals surface area (Å²) in [4.78, 5) is 32.0. The van der Waals surface area contributed by atoms with Gasteiger partial charge in [0, 0.05) is 23.3 Å². The zero-order valence-electron chi connectivity index (χ0n) is 16.0. The van der Waals surface area contributed by atoms with Gasteiger partial charge < -0.3 is 20.2 Å². The molecule has 0 aromatic heterocycles. The zero-order chi connectivity index (χ0) is 20.6. The van der Waals surface area contributed by atoms with E-state index >= 15 is 0 Å². The number of hydrogen-bond acceptors (Lipinski definition) is 4. The van der Waals surface area contributed by atoms with Crippen LogP contribution in [0.5, 0.6) is 0 Å². The second kappa shape index (κ2) is 16.4. The molecule has 0 aromatic carbocycles. The molecule has 0 aliphatic rings. The van der Waals surface area contributed by atoms with Gasteiger partial charge in [0.15, 0.2) is 0 Å². The fourth-order valence-corrected chi connectivity index (χ4v) is 0.901. The third kappa shape index (κ3) is 21.6. The molecule has 0 radical (unpaired) electrons. The summed E-state index contributed by atoms with van der Waals surface area (Å²) in [6, 6.07) is 0. The molecule has 25 heavy (non-hydrogen) atoms. The summed E-state index contributed by atoms with van der Waals surface area (Å²) in [5.74, 6) is -2.58. The summed E-state index contributed by atoms with van der Waals surface area (Å²) in [6.45, 7) is 10.8. The molecule has 7 nitrogen and oxygen atoms in total. The first-order valence-corrected chi connectivity index (χ1v) is 7.72. The molecular weight excluding hydrogens is 326 g/mol. The van der Waals surface area contributed by atoms with Crippen LogP contribution in [0.2, 0.25) is 0 Å². The van der Waals surface area contributed by atoms with Gasteiger partial charge in [-0.1, -0.05) is 25.7 Å². The van der Waals surface area contributed by atoms with Gasteiger partial charge in [-0.15, -0.1) is 0 Å². The lowest BCUT2D eigenvalue weighted by Crippen LogP contribution is -2.12. The molecule has 0 atom stereocenters. The van der Waals surface area contributed by atoms with E-state index in [1.807, 2.05) is 19.0 Å². The summed E-state index contributed by atoms with van der Waals surface area (Å²) >= 11 is 0. The zero-order valence-corrected chi connectivity index (χ0v) is 16.0. The van der Waals surface area contributed by atoms with Crippen LogP contribution in [0.25, 0.3) is 0 Å². The van der Waals surface area contributed by atoms with Crippen molar-refractivity contribution in [3.63, 3.8) is 0 Å². The van der Waals surface area contributed by atoms with Crippen LogP contribution in [0.3, 0.4) is 0 Å². The highest BCUT2D eigenvalue weighted by molar-refractivity contribution is 5.86. The first-order chi connectivity index (χ1) is 11.4. The largest absolute Gasteiger partial charge is 0.478 e. The molecule has 0 aliphatic heterocycles. The molecule has 0 fully saturated rings. The number of carboxylic acids is 3. The lowest BCUT2D eigenvalue weighted by atomic mass is 10.2. The Morgan fingerprint density at radius 3 is 1.56 bits per heavy atom. The number of aliphatic carboxylic acids is 3. The molecule has 0 aromatic rings. The van der Waals surface area contributed by atoms with Crippen molar-refractivity contribution in [2.24, 2.45) is 0 Å². The Morgan fingerprint density at radius 1 is 0.960 bits per heavy atom. The Hall–Kier alpha value is -2.41. The van der Waals surface area contributed by atoms with Gasteiger partial charge in [-0.25, -0.2) is 14.4 Å². The highest BCUT2D eigenvalue weighted by Gasteiger charge is 1.98. The molecular formula is C18H31NO6. The minimum absolute atomic E-state index is 0.264. The summed E-state index contributed by atoms with van der Waals surface area (Å²) in [7, 11) is 3.92. The van der Waals surface area contributed by atoms with Gasteiger partial charge >= 0.3 is 17.9 Å². The highest BCUT2D eigenvalue weighted by Crippen LogP contribution is 1.95. The maximum atomic E-state index is 10.3.